The van der Waals surface area contributed by atoms with Crippen molar-refractivity contribution in [2.45, 2.75) is 20.0 Å². The number of methoxy groups -OCH3 is 1. The third-order valence-electron chi connectivity index (χ3n) is 5.17. The Balaban J connectivity index is 1.42. The van der Waals surface area contributed by atoms with E-state index in [2.05, 4.69) is 15.4 Å². The summed E-state index contributed by atoms with van der Waals surface area (Å²) in [5.41, 5.74) is 2.11. The number of hydrogen-bond donors (Lipinski definition) is 1. The molecule has 2 aromatic carbocycles. The minimum absolute atomic E-state index is 0.188. The van der Waals surface area contributed by atoms with E-state index in [1.54, 1.807) is 13.2 Å². The standard InChI is InChI=1S/C23H20N4O5S/c1-13-25-21-22(33-13)20(15-4-3-5-16(9-15)30-2)26-27(23(21)29)11-19(28)24-10-14-6-7-17-18(8-14)32-12-31-17/h3-9H,10-12H2,1-2H3,(H,24,28). The van der Waals surface area contributed by atoms with Crippen LogP contribution in [0, 0.1) is 6.92 Å². The minimum atomic E-state index is -0.403. The highest BCUT2D eigenvalue weighted by Crippen LogP contribution is 2.33. The second-order valence-corrected chi connectivity index (χ2v) is 8.62. The van der Waals surface area contributed by atoms with E-state index in [4.69, 9.17) is 14.2 Å². The Bertz CT molecular complexity index is 1430. The molecule has 3 heterocycles. The third kappa shape index (κ3) is 4.12. The lowest BCUT2D eigenvalue weighted by atomic mass is 10.1. The van der Waals surface area contributed by atoms with Gasteiger partial charge in [-0.25, -0.2) is 9.67 Å². The molecule has 0 radical (unpaired) electrons. The topological polar surface area (TPSA) is 105 Å². The number of benzene rings is 2. The second kappa shape index (κ2) is 8.55. The summed E-state index contributed by atoms with van der Waals surface area (Å²) < 4.78 is 17.8. The number of carbonyl (C=O) groups excluding carboxylic acids is 1. The Morgan fingerprint density at radius 1 is 1.21 bits per heavy atom. The van der Waals surface area contributed by atoms with E-state index in [1.165, 1.54) is 11.3 Å². The minimum Gasteiger partial charge on any atom is -0.497 e. The lowest BCUT2D eigenvalue weighted by Crippen LogP contribution is -2.33. The fourth-order valence-electron chi connectivity index (χ4n) is 3.58. The maximum absolute atomic E-state index is 13.0. The highest BCUT2D eigenvalue weighted by Gasteiger charge is 2.19. The average molecular weight is 465 g/mol. The van der Waals surface area contributed by atoms with Crippen molar-refractivity contribution in [2.75, 3.05) is 13.9 Å². The van der Waals surface area contributed by atoms with Gasteiger partial charge >= 0.3 is 0 Å². The van der Waals surface area contributed by atoms with E-state index in [9.17, 15) is 9.59 Å². The van der Waals surface area contributed by atoms with Gasteiger partial charge in [0, 0.05) is 12.1 Å². The van der Waals surface area contributed by atoms with Gasteiger partial charge in [-0.05, 0) is 36.8 Å². The maximum Gasteiger partial charge on any atom is 0.294 e. The molecule has 2 aromatic heterocycles. The largest absolute Gasteiger partial charge is 0.497 e. The molecule has 0 bridgehead atoms. The van der Waals surface area contributed by atoms with E-state index < -0.39 is 5.56 Å². The van der Waals surface area contributed by atoms with Crippen molar-refractivity contribution in [1.82, 2.24) is 20.1 Å². The van der Waals surface area contributed by atoms with Crippen molar-refractivity contribution in [3.05, 3.63) is 63.4 Å². The van der Waals surface area contributed by atoms with Crippen LogP contribution in [-0.2, 0) is 17.9 Å². The van der Waals surface area contributed by atoms with Gasteiger partial charge in [0.2, 0.25) is 12.7 Å². The number of aromatic nitrogens is 3. The van der Waals surface area contributed by atoms with Gasteiger partial charge in [0.05, 0.1) is 16.8 Å². The van der Waals surface area contributed by atoms with Crippen LogP contribution in [0.2, 0.25) is 0 Å². The van der Waals surface area contributed by atoms with E-state index >= 15 is 0 Å². The number of ether oxygens (including phenoxy) is 3. The summed E-state index contributed by atoms with van der Waals surface area (Å²) in [5, 5.41) is 8.10. The molecule has 168 valence electrons. The van der Waals surface area contributed by atoms with E-state index in [-0.39, 0.29) is 25.8 Å². The molecule has 0 aliphatic carbocycles. The summed E-state index contributed by atoms with van der Waals surface area (Å²) in [5.74, 6) is 1.65. The second-order valence-electron chi connectivity index (χ2n) is 7.42. The van der Waals surface area contributed by atoms with Gasteiger partial charge in [-0.3, -0.25) is 9.59 Å². The van der Waals surface area contributed by atoms with Crippen LogP contribution in [0.4, 0.5) is 0 Å². The van der Waals surface area contributed by atoms with Gasteiger partial charge in [0.25, 0.3) is 5.56 Å². The third-order valence-corrected chi connectivity index (χ3v) is 6.15. The molecule has 0 spiro atoms. The molecule has 0 fully saturated rings. The SMILES string of the molecule is COc1cccc(-c2nn(CC(=O)NCc3ccc4c(c3)OCO4)c(=O)c3nc(C)sc23)c1. The van der Waals surface area contributed by atoms with Gasteiger partial charge in [-0.1, -0.05) is 18.2 Å². The van der Waals surface area contributed by atoms with Crippen molar-refractivity contribution in [1.29, 1.82) is 0 Å². The van der Waals surface area contributed by atoms with Crippen LogP contribution >= 0.6 is 11.3 Å². The predicted octanol–water partition coefficient (Wildman–Crippen LogP) is 2.88. The quantitative estimate of drug-likeness (QED) is 0.468. The van der Waals surface area contributed by atoms with Crippen LogP contribution in [0.3, 0.4) is 0 Å². The lowest BCUT2D eigenvalue weighted by Gasteiger charge is -2.10. The van der Waals surface area contributed by atoms with Crippen LogP contribution in [0.25, 0.3) is 21.5 Å². The molecule has 0 unspecified atom stereocenters. The van der Waals surface area contributed by atoms with Gasteiger partial charge in [0.1, 0.15) is 18.0 Å². The van der Waals surface area contributed by atoms with E-state index in [0.29, 0.717) is 33.2 Å². The summed E-state index contributed by atoms with van der Waals surface area (Å²) >= 11 is 1.40. The number of aryl methyl sites for hydroxylation is 1. The first kappa shape index (κ1) is 21.0. The van der Waals surface area contributed by atoms with Gasteiger partial charge in [-0.2, -0.15) is 5.10 Å². The number of amides is 1. The van der Waals surface area contributed by atoms with Crippen molar-refractivity contribution in [3.63, 3.8) is 0 Å². The van der Waals surface area contributed by atoms with Crippen LogP contribution in [-0.4, -0.2) is 34.6 Å². The van der Waals surface area contributed by atoms with E-state index in [1.807, 2.05) is 43.3 Å². The molecule has 4 aromatic rings. The molecule has 0 saturated heterocycles. The van der Waals surface area contributed by atoms with Gasteiger partial charge in [-0.15, -0.1) is 11.3 Å². The Kier molecular flexibility index (Phi) is 5.43. The number of fused-ring (bicyclic) bond motifs is 2. The smallest absolute Gasteiger partial charge is 0.294 e. The Hall–Kier alpha value is -3.92. The summed E-state index contributed by atoms with van der Waals surface area (Å²) in [6.45, 7) is 2.08. The van der Waals surface area contributed by atoms with Crippen molar-refractivity contribution >= 4 is 27.5 Å². The van der Waals surface area contributed by atoms with Crippen molar-refractivity contribution in [3.8, 4) is 28.5 Å². The molecule has 33 heavy (non-hydrogen) atoms. The fourth-order valence-corrected chi connectivity index (χ4v) is 4.49. The van der Waals surface area contributed by atoms with Gasteiger partial charge in [0.15, 0.2) is 17.0 Å². The first-order chi connectivity index (χ1) is 16.0. The first-order valence-corrected chi connectivity index (χ1v) is 11.0. The number of hydrogen-bond acceptors (Lipinski definition) is 8. The first-order valence-electron chi connectivity index (χ1n) is 10.2. The molecule has 1 aliphatic rings. The molecule has 1 amide bonds. The average Bonchev–Trinajstić information content (AvgIpc) is 3.45. The normalized spacial score (nSPS) is 12.2. The maximum atomic E-state index is 13.0. The van der Waals surface area contributed by atoms with Crippen molar-refractivity contribution in [2.24, 2.45) is 0 Å². The summed E-state index contributed by atoms with van der Waals surface area (Å²) in [4.78, 5) is 30.0. The molecule has 1 N–H and O–H groups in total. The number of nitrogens with one attached hydrogen (secondary N) is 1. The Morgan fingerprint density at radius 3 is 2.91 bits per heavy atom. The lowest BCUT2D eigenvalue weighted by molar-refractivity contribution is -0.122. The number of nitrogens with zero attached hydrogens (tertiary/aromatic N) is 3. The summed E-state index contributed by atoms with van der Waals surface area (Å²) in [6, 6.07) is 12.9. The molecule has 10 heteroatoms. The zero-order chi connectivity index (χ0) is 22.9. The highest BCUT2D eigenvalue weighted by atomic mass is 32.1. The summed E-state index contributed by atoms with van der Waals surface area (Å²) in [6.07, 6.45) is 0. The van der Waals surface area contributed by atoms with Crippen molar-refractivity contribution < 1.29 is 19.0 Å². The molecule has 9 nitrogen and oxygen atoms in total. The van der Waals surface area contributed by atoms with Gasteiger partial charge < -0.3 is 19.5 Å². The number of carbonyl (C=O) groups is 1. The van der Waals surface area contributed by atoms with Crippen LogP contribution in [0.15, 0.2) is 47.3 Å². The number of rotatable bonds is 6. The molecule has 1 aliphatic heterocycles. The molecule has 0 saturated carbocycles. The Morgan fingerprint density at radius 2 is 2.06 bits per heavy atom. The predicted molar refractivity (Wildman–Crippen MR) is 123 cm³/mol. The number of thiazole rings is 1. The molecular formula is C23H20N4O5S. The molecule has 5 rings (SSSR count). The monoisotopic (exact) mass is 464 g/mol. The van der Waals surface area contributed by atoms with Crippen LogP contribution in [0.1, 0.15) is 10.6 Å². The van der Waals surface area contributed by atoms with E-state index in [0.717, 1.165) is 20.8 Å². The zero-order valence-electron chi connectivity index (χ0n) is 18.0. The zero-order valence-corrected chi connectivity index (χ0v) is 18.8. The van der Waals surface area contributed by atoms with Crippen LogP contribution in [0.5, 0.6) is 17.2 Å². The molecular weight excluding hydrogens is 444 g/mol. The van der Waals surface area contributed by atoms with Crippen LogP contribution < -0.4 is 25.1 Å². The Labute approximate surface area is 192 Å². The molecule has 0 atom stereocenters. The summed E-state index contributed by atoms with van der Waals surface area (Å²) in [7, 11) is 1.59. The fraction of sp³-hybridized carbons (Fsp3) is 0.217. The highest BCUT2D eigenvalue weighted by molar-refractivity contribution is 7.19.